The number of likely N-dealkylation sites (N-methyl/N-ethyl adjacent to an activating group) is 1. The first kappa shape index (κ1) is 14.0. The standard InChI is InChI=1S/C14H17ClFN3/c1-9-11(14(15)19(3)18-9)8-13(17-2)10-6-4-5-7-12(10)16/h4-7,13,17H,8H2,1-3H3. The van der Waals surface area contributed by atoms with Crippen molar-refractivity contribution in [1.82, 2.24) is 15.1 Å². The van der Waals surface area contributed by atoms with Crippen LogP contribution in [0.4, 0.5) is 4.39 Å². The van der Waals surface area contributed by atoms with Crippen LogP contribution in [0.25, 0.3) is 0 Å². The van der Waals surface area contributed by atoms with Gasteiger partial charge >= 0.3 is 0 Å². The van der Waals surface area contributed by atoms with Crippen molar-refractivity contribution in [3.8, 4) is 0 Å². The molecule has 0 amide bonds. The highest BCUT2D eigenvalue weighted by atomic mass is 35.5. The van der Waals surface area contributed by atoms with Crippen LogP contribution < -0.4 is 5.32 Å². The van der Waals surface area contributed by atoms with Crippen molar-refractivity contribution in [1.29, 1.82) is 0 Å². The molecule has 1 heterocycles. The minimum absolute atomic E-state index is 0.124. The highest BCUT2D eigenvalue weighted by Gasteiger charge is 2.19. The van der Waals surface area contributed by atoms with Crippen LogP contribution in [0.1, 0.15) is 22.9 Å². The van der Waals surface area contributed by atoms with E-state index in [1.54, 1.807) is 23.9 Å². The summed E-state index contributed by atoms with van der Waals surface area (Å²) < 4.78 is 15.5. The van der Waals surface area contributed by atoms with E-state index >= 15 is 0 Å². The molecule has 0 aliphatic rings. The second-order valence-electron chi connectivity index (χ2n) is 4.55. The Labute approximate surface area is 117 Å². The van der Waals surface area contributed by atoms with Gasteiger partial charge in [0.25, 0.3) is 0 Å². The monoisotopic (exact) mass is 281 g/mol. The van der Waals surface area contributed by atoms with Crippen LogP contribution in [0, 0.1) is 12.7 Å². The number of hydrogen-bond acceptors (Lipinski definition) is 2. The number of hydrogen-bond donors (Lipinski definition) is 1. The van der Waals surface area contributed by atoms with Gasteiger partial charge in [-0.3, -0.25) is 4.68 Å². The lowest BCUT2D eigenvalue weighted by Crippen LogP contribution is -2.20. The van der Waals surface area contributed by atoms with Crippen molar-refractivity contribution < 1.29 is 4.39 Å². The molecule has 19 heavy (non-hydrogen) atoms. The van der Waals surface area contributed by atoms with Crippen LogP contribution in [-0.2, 0) is 13.5 Å². The summed E-state index contributed by atoms with van der Waals surface area (Å²) in [6.45, 7) is 1.91. The third-order valence-electron chi connectivity index (χ3n) is 3.31. The molecule has 1 aromatic heterocycles. The van der Waals surface area contributed by atoms with Crippen LogP contribution in [-0.4, -0.2) is 16.8 Å². The maximum atomic E-state index is 13.8. The molecule has 1 aromatic carbocycles. The third kappa shape index (κ3) is 2.80. The molecular formula is C14H17ClFN3. The van der Waals surface area contributed by atoms with Crippen LogP contribution in [0.15, 0.2) is 24.3 Å². The Morgan fingerprint density at radius 1 is 1.42 bits per heavy atom. The van der Waals surface area contributed by atoms with Gasteiger partial charge in [0, 0.05) is 24.2 Å². The zero-order chi connectivity index (χ0) is 14.0. The number of benzene rings is 1. The fourth-order valence-electron chi connectivity index (χ4n) is 2.24. The average Bonchev–Trinajstić information content (AvgIpc) is 2.63. The van der Waals surface area contributed by atoms with Gasteiger partial charge in [0.05, 0.1) is 5.69 Å². The van der Waals surface area contributed by atoms with Crippen molar-refractivity contribution in [2.24, 2.45) is 7.05 Å². The molecule has 2 aromatic rings. The van der Waals surface area contributed by atoms with Gasteiger partial charge in [0.15, 0.2) is 0 Å². The van der Waals surface area contributed by atoms with E-state index in [4.69, 9.17) is 11.6 Å². The van der Waals surface area contributed by atoms with Crippen LogP contribution >= 0.6 is 11.6 Å². The van der Waals surface area contributed by atoms with Crippen LogP contribution in [0.3, 0.4) is 0 Å². The normalized spacial score (nSPS) is 12.7. The molecule has 1 N–H and O–H groups in total. The average molecular weight is 282 g/mol. The molecule has 0 saturated carbocycles. The summed E-state index contributed by atoms with van der Waals surface area (Å²) in [7, 11) is 3.62. The summed E-state index contributed by atoms with van der Waals surface area (Å²) in [6.07, 6.45) is 0.607. The predicted octanol–water partition coefficient (Wildman–Crippen LogP) is 3.02. The maximum Gasteiger partial charge on any atom is 0.130 e. The molecule has 0 aliphatic heterocycles. The van der Waals surface area contributed by atoms with Gasteiger partial charge in [-0.2, -0.15) is 5.10 Å². The molecule has 1 unspecified atom stereocenters. The Morgan fingerprint density at radius 2 is 2.11 bits per heavy atom. The molecule has 0 aliphatic carbocycles. The van der Waals surface area contributed by atoms with Crippen LogP contribution in [0.2, 0.25) is 5.15 Å². The van der Waals surface area contributed by atoms with Crippen LogP contribution in [0.5, 0.6) is 0 Å². The van der Waals surface area contributed by atoms with Crippen molar-refractivity contribution in [3.05, 3.63) is 52.1 Å². The number of nitrogens with zero attached hydrogens (tertiary/aromatic N) is 2. The van der Waals surface area contributed by atoms with Gasteiger partial charge < -0.3 is 5.32 Å². The number of aryl methyl sites for hydroxylation is 2. The first-order valence-electron chi connectivity index (χ1n) is 6.14. The highest BCUT2D eigenvalue weighted by Crippen LogP contribution is 2.26. The number of aromatic nitrogens is 2. The van der Waals surface area contributed by atoms with Gasteiger partial charge in [-0.25, -0.2) is 4.39 Å². The summed E-state index contributed by atoms with van der Waals surface area (Å²) in [5.74, 6) is -0.209. The molecule has 0 bridgehead atoms. The third-order valence-corrected chi connectivity index (χ3v) is 3.78. The summed E-state index contributed by atoms with van der Waals surface area (Å²) in [6, 6.07) is 6.66. The van der Waals surface area contributed by atoms with E-state index in [1.807, 2.05) is 20.0 Å². The van der Waals surface area contributed by atoms with E-state index in [0.29, 0.717) is 17.1 Å². The molecule has 102 valence electrons. The molecule has 2 rings (SSSR count). The van der Waals surface area contributed by atoms with E-state index in [-0.39, 0.29) is 11.9 Å². The Kier molecular flexibility index (Phi) is 4.22. The first-order chi connectivity index (χ1) is 9.04. The fraction of sp³-hybridized carbons (Fsp3) is 0.357. The molecule has 0 saturated heterocycles. The van der Waals surface area contributed by atoms with Gasteiger partial charge in [-0.15, -0.1) is 0 Å². The largest absolute Gasteiger partial charge is 0.313 e. The van der Waals surface area contributed by atoms with Gasteiger partial charge in [0.2, 0.25) is 0 Å². The minimum Gasteiger partial charge on any atom is -0.313 e. The van der Waals surface area contributed by atoms with Crippen molar-refractivity contribution >= 4 is 11.6 Å². The van der Waals surface area contributed by atoms with E-state index in [1.165, 1.54) is 6.07 Å². The highest BCUT2D eigenvalue weighted by molar-refractivity contribution is 6.30. The van der Waals surface area contributed by atoms with E-state index in [2.05, 4.69) is 10.4 Å². The van der Waals surface area contributed by atoms with Gasteiger partial charge in [-0.05, 0) is 26.5 Å². The molecule has 3 nitrogen and oxygen atoms in total. The van der Waals surface area contributed by atoms with E-state index < -0.39 is 0 Å². The maximum absolute atomic E-state index is 13.8. The molecule has 0 radical (unpaired) electrons. The lowest BCUT2D eigenvalue weighted by atomic mass is 9.99. The number of nitrogens with one attached hydrogen (secondary N) is 1. The fourth-order valence-corrected chi connectivity index (χ4v) is 2.49. The second-order valence-corrected chi connectivity index (χ2v) is 4.90. The lowest BCUT2D eigenvalue weighted by molar-refractivity contribution is 0.533. The Bertz CT molecular complexity index is 580. The van der Waals surface area contributed by atoms with Crippen molar-refractivity contribution in [2.45, 2.75) is 19.4 Å². The molecule has 0 fully saturated rings. The second kappa shape index (κ2) is 5.72. The van der Waals surface area contributed by atoms with Gasteiger partial charge in [-0.1, -0.05) is 29.8 Å². The number of rotatable bonds is 4. The number of halogens is 2. The molecule has 0 spiro atoms. The first-order valence-corrected chi connectivity index (χ1v) is 6.52. The van der Waals surface area contributed by atoms with Crippen molar-refractivity contribution in [2.75, 3.05) is 7.05 Å². The SMILES string of the molecule is CNC(Cc1c(C)nn(C)c1Cl)c1ccccc1F. The lowest BCUT2D eigenvalue weighted by Gasteiger charge is -2.17. The summed E-state index contributed by atoms with van der Waals surface area (Å²) >= 11 is 6.22. The summed E-state index contributed by atoms with van der Waals surface area (Å²) in [5.41, 5.74) is 2.47. The predicted molar refractivity (Wildman–Crippen MR) is 74.9 cm³/mol. The molecule has 1 atom stereocenters. The minimum atomic E-state index is -0.209. The summed E-state index contributed by atoms with van der Waals surface area (Å²) in [4.78, 5) is 0. The quantitative estimate of drug-likeness (QED) is 0.934. The Balaban J connectivity index is 2.32. The smallest absolute Gasteiger partial charge is 0.130 e. The van der Waals surface area contributed by atoms with Crippen molar-refractivity contribution in [3.63, 3.8) is 0 Å². The zero-order valence-corrected chi connectivity index (χ0v) is 12.0. The molecule has 5 heteroatoms. The van der Waals surface area contributed by atoms with E-state index in [9.17, 15) is 4.39 Å². The Hall–Kier alpha value is -1.39. The molecular weight excluding hydrogens is 265 g/mol. The zero-order valence-electron chi connectivity index (χ0n) is 11.2. The topological polar surface area (TPSA) is 29.9 Å². The summed E-state index contributed by atoms with van der Waals surface area (Å²) in [5, 5.41) is 8.02. The van der Waals surface area contributed by atoms with E-state index in [0.717, 1.165) is 11.3 Å². The Morgan fingerprint density at radius 3 is 2.63 bits per heavy atom. The van der Waals surface area contributed by atoms with Gasteiger partial charge in [0.1, 0.15) is 11.0 Å².